The standard InChI is InChI=1S/C15H18FN3S/c1-9(17)6-12-4-5-14(13(16)8-12)20-15-18-10(2)7-11(3)19-15/h4-5,7-9H,6,17H2,1-3H3. The van der Waals surface area contributed by atoms with Crippen LogP contribution < -0.4 is 5.73 Å². The van der Waals surface area contributed by atoms with E-state index in [1.165, 1.54) is 17.8 Å². The fourth-order valence-corrected chi connectivity index (χ4v) is 2.83. The van der Waals surface area contributed by atoms with Crippen molar-refractivity contribution in [2.75, 3.05) is 0 Å². The molecule has 1 aromatic heterocycles. The molecule has 0 aliphatic carbocycles. The summed E-state index contributed by atoms with van der Waals surface area (Å²) < 4.78 is 14.1. The number of nitrogens with two attached hydrogens (primary N) is 1. The Hall–Kier alpha value is -1.46. The van der Waals surface area contributed by atoms with Crippen LogP contribution in [0.25, 0.3) is 0 Å². The summed E-state index contributed by atoms with van der Waals surface area (Å²) in [5.74, 6) is -0.254. The first-order valence-corrected chi connectivity index (χ1v) is 7.30. The van der Waals surface area contributed by atoms with E-state index in [1.54, 1.807) is 6.07 Å². The molecule has 0 aliphatic rings. The fraction of sp³-hybridized carbons (Fsp3) is 0.333. The highest BCUT2D eigenvalue weighted by molar-refractivity contribution is 7.99. The maximum absolute atomic E-state index is 14.1. The molecule has 0 fully saturated rings. The van der Waals surface area contributed by atoms with Crippen LogP contribution in [-0.4, -0.2) is 16.0 Å². The van der Waals surface area contributed by atoms with Gasteiger partial charge in [-0.25, -0.2) is 14.4 Å². The van der Waals surface area contributed by atoms with Gasteiger partial charge in [-0.2, -0.15) is 0 Å². The summed E-state index contributed by atoms with van der Waals surface area (Å²) in [4.78, 5) is 9.14. The lowest BCUT2D eigenvalue weighted by Crippen LogP contribution is -2.17. The van der Waals surface area contributed by atoms with Crippen molar-refractivity contribution in [3.05, 3.63) is 47.0 Å². The predicted molar refractivity (Wildman–Crippen MR) is 79.4 cm³/mol. The van der Waals surface area contributed by atoms with E-state index in [0.29, 0.717) is 16.5 Å². The highest BCUT2D eigenvalue weighted by Crippen LogP contribution is 2.28. The van der Waals surface area contributed by atoms with E-state index in [1.807, 2.05) is 32.9 Å². The second kappa shape index (κ2) is 6.33. The van der Waals surface area contributed by atoms with Gasteiger partial charge in [-0.05, 0) is 62.7 Å². The van der Waals surface area contributed by atoms with Gasteiger partial charge in [0.05, 0.1) is 4.90 Å². The van der Waals surface area contributed by atoms with Gasteiger partial charge in [0.1, 0.15) is 5.82 Å². The summed E-state index contributed by atoms with van der Waals surface area (Å²) in [7, 11) is 0. The Labute approximate surface area is 122 Å². The molecule has 3 nitrogen and oxygen atoms in total. The average molecular weight is 291 g/mol. The van der Waals surface area contributed by atoms with Crippen LogP contribution in [0.1, 0.15) is 23.9 Å². The molecule has 0 spiro atoms. The van der Waals surface area contributed by atoms with Gasteiger partial charge in [0.25, 0.3) is 0 Å². The van der Waals surface area contributed by atoms with Crippen molar-refractivity contribution in [3.63, 3.8) is 0 Å². The topological polar surface area (TPSA) is 51.8 Å². The molecule has 1 heterocycles. The third kappa shape index (κ3) is 4.02. The molecule has 0 saturated heterocycles. The quantitative estimate of drug-likeness (QED) is 0.878. The first-order chi connectivity index (χ1) is 9.44. The molecule has 0 amide bonds. The van der Waals surface area contributed by atoms with Crippen LogP contribution in [0.5, 0.6) is 0 Å². The number of aryl methyl sites for hydroxylation is 2. The Balaban J connectivity index is 2.21. The van der Waals surface area contributed by atoms with Crippen molar-refractivity contribution in [1.82, 2.24) is 9.97 Å². The Morgan fingerprint density at radius 2 is 1.85 bits per heavy atom. The second-order valence-corrected chi connectivity index (χ2v) is 5.99. The molecule has 1 atom stereocenters. The second-order valence-electron chi connectivity index (χ2n) is 4.98. The van der Waals surface area contributed by atoms with Gasteiger partial charge in [0.2, 0.25) is 0 Å². The third-order valence-corrected chi connectivity index (χ3v) is 3.63. The van der Waals surface area contributed by atoms with E-state index in [0.717, 1.165) is 17.0 Å². The number of hydrogen-bond donors (Lipinski definition) is 1. The van der Waals surface area contributed by atoms with E-state index in [2.05, 4.69) is 9.97 Å². The minimum atomic E-state index is -0.254. The van der Waals surface area contributed by atoms with Crippen molar-refractivity contribution in [3.8, 4) is 0 Å². The maximum Gasteiger partial charge on any atom is 0.192 e. The molecule has 2 N–H and O–H groups in total. The van der Waals surface area contributed by atoms with Crippen LogP contribution in [0.4, 0.5) is 4.39 Å². The summed E-state index contributed by atoms with van der Waals surface area (Å²) in [6.45, 7) is 5.71. The van der Waals surface area contributed by atoms with Crippen LogP contribution in [0.15, 0.2) is 34.3 Å². The molecule has 106 valence electrons. The SMILES string of the molecule is Cc1cc(C)nc(Sc2ccc(CC(C)N)cc2F)n1. The van der Waals surface area contributed by atoms with Crippen molar-refractivity contribution in [2.24, 2.45) is 5.73 Å². The molecule has 2 rings (SSSR count). The zero-order valence-corrected chi connectivity index (χ0v) is 12.7. The Bertz CT molecular complexity index is 594. The van der Waals surface area contributed by atoms with Gasteiger partial charge < -0.3 is 5.73 Å². The van der Waals surface area contributed by atoms with Crippen molar-refractivity contribution < 1.29 is 4.39 Å². The highest BCUT2D eigenvalue weighted by atomic mass is 32.2. The lowest BCUT2D eigenvalue weighted by Gasteiger charge is -2.08. The monoisotopic (exact) mass is 291 g/mol. The van der Waals surface area contributed by atoms with E-state index < -0.39 is 0 Å². The molecule has 1 aromatic carbocycles. The highest BCUT2D eigenvalue weighted by Gasteiger charge is 2.09. The van der Waals surface area contributed by atoms with E-state index in [4.69, 9.17) is 5.73 Å². The fourth-order valence-electron chi connectivity index (χ4n) is 1.96. The summed E-state index contributed by atoms with van der Waals surface area (Å²) in [5, 5.41) is 0.571. The van der Waals surface area contributed by atoms with Crippen LogP contribution in [-0.2, 0) is 6.42 Å². The normalized spacial score (nSPS) is 12.4. The van der Waals surface area contributed by atoms with E-state index in [9.17, 15) is 4.39 Å². The van der Waals surface area contributed by atoms with E-state index >= 15 is 0 Å². The van der Waals surface area contributed by atoms with Crippen LogP contribution in [0, 0.1) is 19.7 Å². The lowest BCUT2D eigenvalue weighted by atomic mass is 10.1. The van der Waals surface area contributed by atoms with Crippen molar-refractivity contribution >= 4 is 11.8 Å². The number of aromatic nitrogens is 2. The Kier molecular flexibility index (Phi) is 4.73. The molecule has 0 saturated carbocycles. The van der Waals surface area contributed by atoms with Gasteiger partial charge >= 0.3 is 0 Å². The zero-order valence-electron chi connectivity index (χ0n) is 11.9. The van der Waals surface area contributed by atoms with Crippen LogP contribution >= 0.6 is 11.8 Å². The molecule has 20 heavy (non-hydrogen) atoms. The van der Waals surface area contributed by atoms with Gasteiger partial charge in [0.15, 0.2) is 5.16 Å². The first-order valence-electron chi connectivity index (χ1n) is 6.48. The van der Waals surface area contributed by atoms with Crippen molar-refractivity contribution in [2.45, 2.75) is 43.3 Å². The first kappa shape index (κ1) is 14.9. The number of benzene rings is 1. The smallest absolute Gasteiger partial charge is 0.192 e. The van der Waals surface area contributed by atoms with Gasteiger partial charge in [-0.1, -0.05) is 6.07 Å². The Morgan fingerprint density at radius 1 is 1.20 bits per heavy atom. The summed E-state index contributed by atoms with van der Waals surface area (Å²) in [5.41, 5.74) is 8.39. The molecule has 5 heteroatoms. The zero-order chi connectivity index (χ0) is 14.7. The maximum atomic E-state index is 14.1. The predicted octanol–water partition coefficient (Wildman–Crippen LogP) is 3.27. The summed E-state index contributed by atoms with van der Waals surface area (Å²) in [6, 6.07) is 7.12. The third-order valence-electron chi connectivity index (χ3n) is 2.72. The molecule has 0 aliphatic heterocycles. The molecular weight excluding hydrogens is 273 g/mol. The molecular formula is C15H18FN3S. The summed E-state index contributed by atoms with van der Waals surface area (Å²) in [6.07, 6.45) is 0.669. The largest absolute Gasteiger partial charge is 0.328 e. The van der Waals surface area contributed by atoms with Gasteiger partial charge in [0, 0.05) is 17.4 Å². The Morgan fingerprint density at radius 3 is 2.40 bits per heavy atom. The average Bonchev–Trinajstić information content (AvgIpc) is 2.30. The van der Waals surface area contributed by atoms with Crippen molar-refractivity contribution in [1.29, 1.82) is 0 Å². The van der Waals surface area contributed by atoms with Gasteiger partial charge in [-0.15, -0.1) is 0 Å². The lowest BCUT2D eigenvalue weighted by molar-refractivity contribution is 0.597. The molecule has 0 radical (unpaired) electrons. The molecule has 0 bridgehead atoms. The number of nitrogens with zero attached hydrogens (tertiary/aromatic N) is 2. The number of hydrogen-bond acceptors (Lipinski definition) is 4. The minimum absolute atomic E-state index is 0.0238. The summed E-state index contributed by atoms with van der Waals surface area (Å²) >= 11 is 1.24. The molecule has 2 aromatic rings. The number of rotatable bonds is 4. The van der Waals surface area contributed by atoms with Gasteiger partial charge in [-0.3, -0.25) is 0 Å². The van der Waals surface area contributed by atoms with Crippen LogP contribution in [0.3, 0.4) is 0 Å². The number of halogens is 1. The molecule has 1 unspecified atom stereocenters. The van der Waals surface area contributed by atoms with E-state index in [-0.39, 0.29) is 11.9 Å². The van der Waals surface area contributed by atoms with Crippen LogP contribution in [0.2, 0.25) is 0 Å². The minimum Gasteiger partial charge on any atom is -0.328 e.